The van der Waals surface area contributed by atoms with Crippen LogP contribution in [0.4, 0.5) is 0 Å². The van der Waals surface area contributed by atoms with Crippen LogP contribution in [0.2, 0.25) is 0 Å². The zero-order valence-electron chi connectivity index (χ0n) is 13.3. The third-order valence-electron chi connectivity index (χ3n) is 3.79. The van der Waals surface area contributed by atoms with Crippen molar-refractivity contribution in [2.24, 2.45) is 0 Å². The number of aryl methyl sites for hydroxylation is 1. The van der Waals surface area contributed by atoms with Gasteiger partial charge in [-0.05, 0) is 32.4 Å². The van der Waals surface area contributed by atoms with Gasteiger partial charge < -0.3 is 9.88 Å². The van der Waals surface area contributed by atoms with Gasteiger partial charge in [-0.3, -0.25) is 9.59 Å². The Kier molecular flexibility index (Phi) is 5.15. The molecule has 0 radical (unpaired) electrons. The van der Waals surface area contributed by atoms with Crippen LogP contribution in [0.5, 0.6) is 0 Å². The minimum atomic E-state index is -0.0420. The van der Waals surface area contributed by atoms with E-state index in [0.717, 1.165) is 11.3 Å². The maximum atomic E-state index is 12.5. The molecule has 1 amide bonds. The topological polar surface area (TPSA) is 53.2 Å². The first-order valence-electron chi connectivity index (χ1n) is 7.62. The number of nitrogens with one attached hydrogen (secondary N) is 1. The molecule has 0 bridgehead atoms. The number of H-pyrrole nitrogens is 1. The second-order valence-electron chi connectivity index (χ2n) is 5.29. The van der Waals surface area contributed by atoms with Gasteiger partial charge in [0, 0.05) is 24.3 Å². The summed E-state index contributed by atoms with van der Waals surface area (Å²) in [5.41, 5.74) is 2.87. The minimum Gasteiger partial charge on any atom is -0.355 e. The number of ketones is 1. The van der Waals surface area contributed by atoms with E-state index in [9.17, 15) is 9.59 Å². The number of benzene rings is 1. The Hall–Kier alpha value is -2.36. The summed E-state index contributed by atoms with van der Waals surface area (Å²) in [6.45, 7) is 7.21. The van der Waals surface area contributed by atoms with Crippen molar-refractivity contribution in [3.63, 3.8) is 0 Å². The average Bonchev–Trinajstić information content (AvgIpc) is 2.89. The lowest BCUT2D eigenvalue weighted by molar-refractivity contribution is -0.130. The fraction of sp³-hybridized carbons (Fsp3) is 0.333. The molecule has 0 saturated carbocycles. The molecule has 0 spiro atoms. The zero-order chi connectivity index (χ0) is 16.1. The number of aromatic nitrogens is 1. The van der Waals surface area contributed by atoms with Crippen molar-refractivity contribution in [3.8, 4) is 0 Å². The normalized spacial score (nSPS) is 10.5. The van der Waals surface area contributed by atoms with Gasteiger partial charge in [0.05, 0.1) is 12.1 Å². The van der Waals surface area contributed by atoms with Gasteiger partial charge in [-0.15, -0.1) is 0 Å². The molecule has 116 valence electrons. The second-order valence-corrected chi connectivity index (χ2v) is 5.29. The van der Waals surface area contributed by atoms with Crippen molar-refractivity contribution < 1.29 is 9.59 Å². The van der Waals surface area contributed by atoms with E-state index in [1.807, 2.05) is 45.0 Å². The molecule has 1 aromatic heterocycles. The molecule has 0 unspecified atom stereocenters. The van der Waals surface area contributed by atoms with Crippen molar-refractivity contribution in [1.82, 2.24) is 9.88 Å². The smallest absolute Gasteiger partial charge is 0.228 e. The van der Waals surface area contributed by atoms with Gasteiger partial charge in [0.1, 0.15) is 0 Å². The molecule has 2 rings (SSSR count). The molecule has 1 aromatic carbocycles. The molecule has 0 aliphatic carbocycles. The number of carbonyl (C=O) groups excluding carboxylic acids is 2. The lowest BCUT2D eigenvalue weighted by Gasteiger charge is -2.17. The molecule has 4 heteroatoms. The highest BCUT2D eigenvalue weighted by Crippen LogP contribution is 2.16. The molecule has 22 heavy (non-hydrogen) atoms. The number of hydrogen-bond donors (Lipinski definition) is 1. The van der Waals surface area contributed by atoms with Gasteiger partial charge in [-0.25, -0.2) is 0 Å². The lowest BCUT2D eigenvalue weighted by atomic mass is 10.1. The largest absolute Gasteiger partial charge is 0.355 e. The Morgan fingerprint density at radius 1 is 1.09 bits per heavy atom. The number of aromatic amines is 1. The van der Waals surface area contributed by atoms with E-state index in [-0.39, 0.29) is 11.7 Å². The SMILES string of the molecule is CCN(CC)C(=O)Cc1cc(C)c(C(=O)c2ccccc2)[nH]1. The van der Waals surface area contributed by atoms with E-state index >= 15 is 0 Å². The van der Waals surface area contributed by atoms with Crippen molar-refractivity contribution in [2.45, 2.75) is 27.2 Å². The molecule has 0 aliphatic rings. The Morgan fingerprint density at radius 2 is 1.73 bits per heavy atom. The molecular formula is C18H22N2O2. The minimum absolute atomic E-state index is 0.0420. The van der Waals surface area contributed by atoms with Crippen molar-refractivity contribution >= 4 is 11.7 Å². The van der Waals surface area contributed by atoms with Crippen LogP contribution in [0, 0.1) is 6.92 Å². The Morgan fingerprint density at radius 3 is 2.32 bits per heavy atom. The van der Waals surface area contributed by atoms with Crippen LogP contribution in [-0.2, 0) is 11.2 Å². The van der Waals surface area contributed by atoms with Gasteiger partial charge in [-0.1, -0.05) is 30.3 Å². The van der Waals surface area contributed by atoms with Gasteiger partial charge >= 0.3 is 0 Å². The van der Waals surface area contributed by atoms with Crippen LogP contribution in [0.3, 0.4) is 0 Å². The van der Waals surface area contributed by atoms with Gasteiger partial charge in [0.15, 0.2) is 0 Å². The molecule has 0 saturated heterocycles. The van der Waals surface area contributed by atoms with E-state index in [1.165, 1.54) is 0 Å². The molecule has 0 atom stereocenters. The van der Waals surface area contributed by atoms with Gasteiger partial charge in [0.25, 0.3) is 0 Å². The fourth-order valence-electron chi connectivity index (χ4n) is 2.54. The number of hydrogen-bond acceptors (Lipinski definition) is 2. The number of rotatable bonds is 6. The predicted octanol–water partition coefficient (Wildman–Crippen LogP) is 2.97. The van der Waals surface area contributed by atoms with Crippen LogP contribution in [0.15, 0.2) is 36.4 Å². The van der Waals surface area contributed by atoms with E-state index in [1.54, 1.807) is 17.0 Å². The van der Waals surface area contributed by atoms with E-state index in [0.29, 0.717) is 30.8 Å². The second kappa shape index (κ2) is 7.07. The Bertz CT molecular complexity index is 655. The molecule has 4 nitrogen and oxygen atoms in total. The molecular weight excluding hydrogens is 276 g/mol. The lowest BCUT2D eigenvalue weighted by Crippen LogP contribution is -2.31. The van der Waals surface area contributed by atoms with Crippen molar-refractivity contribution in [2.75, 3.05) is 13.1 Å². The van der Waals surface area contributed by atoms with Gasteiger partial charge in [0.2, 0.25) is 11.7 Å². The highest BCUT2D eigenvalue weighted by atomic mass is 16.2. The summed E-state index contributed by atoms with van der Waals surface area (Å²) in [5, 5.41) is 0. The van der Waals surface area contributed by atoms with Crippen molar-refractivity contribution in [3.05, 3.63) is 58.9 Å². The molecule has 0 fully saturated rings. The van der Waals surface area contributed by atoms with E-state index in [2.05, 4.69) is 4.98 Å². The number of amides is 1. The quantitative estimate of drug-likeness (QED) is 0.834. The predicted molar refractivity (Wildman–Crippen MR) is 87.0 cm³/mol. The van der Waals surface area contributed by atoms with Gasteiger partial charge in [-0.2, -0.15) is 0 Å². The van der Waals surface area contributed by atoms with Crippen LogP contribution in [-0.4, -0.2) is 34.7 Å². The first kappa shape index (κ1) is 16.0. The summed E-state index contributed by atoms with van der Waals surface area (Å²) < 4.78 is 0. The summed E-state index contributed by atoms with van der Waals surface area (Å²) in [7, 11) is 0. The average molecular weight is 298 g/mol. The van der Waals surface area contributed by atoms with Crippen LogP contribution in [0.1, 0.15) is 41.2 Å². The monoisotopic (exact) mass is 298 g/mol. The first-order chi connectivity index (χ1) is 10.6. The number of nitrogens with zero attached hydrogens (tertiary/aromatic N) is 1. The Labute approximate surface area is 131 Å². The maximum Gasteiger partial charge on any atom is 0.228 e. The highest BCUT2D eigenvalue weighted by molar-refractivity contribution is 6.08. The van der Waals surface area contributed by atoms with E-state index in [4.69, 9.17) is 0 Å². The van der Waals surface area contributed by atoms with Crippen LogP contribution < -0.4 is 0 Å². The molecule has 2 aromatic rings. The van der Waals surface area contributed by atoms with E-state index < -0.39 is 0 Å². The summed E-state index contributed by atoms with van der Waals surface area (Å²) in [6, 6.07) is 11.0. The fourth-order valence-corrected chi connectivity index (χ4v) is 2.54. The number of likely N-dealkylation sites (N-methyl/N-ethyl adjacent to an activating group) is 1. The first-order valence-corrected chi connectivity index (χ1v) is 7.62. The molecule has 1 heterocycles. The number of carbonyl (C=O) groups is 2. The standard InChI is InChI=1S/C18H22N2O2/c1-4-20(5-2)16(21)12-15-11-13(3)17(19-15)18(22)14-9-7-6-8-10-14/h6-11,19H,4-5,12H2,1-3H3. The van der Waals surface area contributed by atoms with Crippen LogP contribution in [0.25, 0.3) is 0 Å². The maximum absolute atomic E-state index is 12.5. The summed E-state index contributed by atoms with van der Waals surface area (Å²) >= 11 is 0. The van der Waals surface area contributed by atoms with Crippen LogP contribution >= 0.6 is 0 Å². The Balaban J connectivity index is 2.18. The summed E-state index contributed by atoms with van der Waals surface area (Å²) in [5.74, 6) is 0.0320. The van der Waals surface area contributed by atoms with Crippen molar-refractivity contribution in [1.29, 1.82) is 0 Å². The summed E-state index contributed by atoms with van der Waals surface area (Å²) in [6.07, 6.45) is 0.296. The zero-order valence-corrected chi connectivity index (χ0v) is 13.3. The summed E-state index contributed by atoms with van der Waals surface area (Å²) in [4.78, 5) is 29.5. The molecule has 0 aliphatic heterocycles. The molecule has 1 N–H and O–H groups in total. The third kappa shape index (κ3) is 3.45. The third-order valence-corrected chi connectivity index (χ3v) is 3.79. The highest BCUT2D eigenvalue weighted by Gasteiger charge is 2.17.